The highest BCUT2D eigenvalue weighted by atomic mass is 32.1. The molecule has 1 aliphatic heterocycles. The van der Waals surface area contributed by atoms with Crippen molar-refractivity contribution in [2.75, 3.05) is 26.9 Å². The summed E-state index contributed by atoms with van der Waals surface area (Å²) in [6.07, 6.45) is 1.64. The molecular weight excluding hydrogens is 552 g/mol. The molecule has 41 heavy (non-hydrogen) atoms. The van der Waals surface area contributed by atoms with Gasteiger partial charge in [-0.05, 0) is 62.2 Å². The van der Waals surface area contributed by atoms with Crippen molar-refractivity contribution in [3.63, 3.8) is 0 Å². The molecule has 214 valence electrons. The van der Waals surface area contributed by atoms with Crippen LogP contribution >= 0.6 is 11.3 Å². The van der Waals surface area contributed by atoms with Crippen LogP contribution in [0.25, 0.3) is 6.08 Å². The highest BCUT2D eigenvalue weighted by Crippen LogP contribution is 2.36. The van der Waals surface area contributed by atoms with Gasteiger partial charge in [0.25, 0.3) is 5.56 Å². The molecular formula is C29H28N2O9S. The average Bonchev–Trinajstić information content (AvgIpc) is 3.25. The minimum atomic E-state index is -1.05. The van der Waals surface area contributed by atoms with E-state index in [1.807, 2.05) is 0 Å². The van der Waals surface area contributed by atoms with Crippen molar-refractivity contribution in [1.29, 1.82) is 0 Å². The van der Waals surface area contributed by atoms with E-state index in [4.69, 9.17) is 14.2 Å². The van der Waals surface area contributed by atoms with Gasteiger partial charge in [-0.25, -0.2) is 19.4 Å². The first-order chi connectivity index (χ1) is 19.7. The first kappa shape index (κ1) is 29.3. The van der Waals surface area contributed by atoms with E-state index in [-0.39, 0.29) is 35.7 Å². The minimum Gasteiger partial charge on any atom is -0.490 e. The number of carboxylic acid groups (broad SMARTS) is 1. The third-order valence-electron chi connectivity index (χ3n) is 6.13. The number of hydrogen-bond acceptors (Lipinski definition) is 10. The molecule has 0 aliphatic carbocycles. The van der Waals surface area contributed by atoms with Crippen molar-refractivity contribution in [2.24, 2.45) is 4.99 Å². The molecule has 2 heterocycles. The minimum absolute atomic E-state index is 0.127. The number of aromatic nitrogens is 1. The highest BCUT2D eigenvalue weighted by Gasteiger charge is 2.34. The molecule has 0 fully saturated rings. The molecule has 0 saturated heterocycles. The van der Waals surface area contributed by atoms with Crippen LogP contribution in [-0.4, -0.2) is 54.5 Å². The number of thiazole rings is 1. The Labute approximate surface area is 238 Å². The summed E-state index contributed by atoms with van der Waals surface area (Å²) in [5.41, 5.74) is 1.50. The van der Waals surface area contributed by atoms with E-state index in [0.29, 0.717) is 38.5 Å². The van der Waals surface area contributed by atoms with Crippen molar-refractivity contribution < 1.29 is 38.4 Å². The smallest absolute Gasteiger partial charge is 0.343 e. The second-order valence-electron chi connectivity index (χ2n) is 8.73. The van der Waals surface area contributed by atoms with E-state index in [1.165, 1.54) is 23.8 Å². The monoisotopic (exact) mass is 580 g/mol. The Kier molecular flexibility index (Phi) is 9.03. The first-order valence-corrected chi connectivity index (χ1v) is 13.5. The lowest BCUT2D eigenvalue weighted by Gasteiger charge is -2.25. The maximum atomic E-state index is 13.8. The van der Waals surface area contributed by atoms with Gasteiger partial charge in [0.2, 0.25) is 0 Å². The first-order valence-electron chi connectivity index (χ1n) is 12.7. The number of rotatable bonds is 10. The molecule has 3 aromatic rings. The SMILES string of the molecule is CCOC(=O)C1=C(C)N=c2s/c(=C\c3ccc(C(=O)O)cc3)c(=O)n2[C@H]1c1ccc(OCC(=O)OC)c(OCC)c1. The summed E-state index contributed by atoms with van der Waals surface area (Å²) >= 11 is 1.15. The van der Waals surface area contributed by atoms with Gasteiger partial charge in [-0.3, -0.25) is 9.36 Å². The number of carbonyl (C=O) groups is 3. The van der Waals surface area contributed by atoms with E-state index < -0.39 is 23.9 Å². The summed E-state index contributed by atoms with van der Waals surface area (Å²) in [6.45, 7) is 5.25. The molecule has 12 heteroatoms. The van der Waals surface area contributed by atoms with Crippen molar-refractivity contribution >= 4 is 35.3 Å². The number of ether oxygens (including phenoxy) is 4. The topological polar surface area (TPSA) is 143 Å². The van der Waals surface area contributed by atoms with Crippen LogP contribution in [0.15, 0.2) is 63.5 Å². The maximum absolute atomic E-state index is 13.8. The Morgan fingerprint density at radius 2 is 1.78 bits per heavy atom. The second-order valence-corrected chi connectivity index (χ2v) is 9.74. The Balaban J connectivity index is 1.88. The molecule has 0 bridgehead atoms. The number of fused-ring (bicyclic) bond motifs is 1. The molecule has 11 nitrogen and oxygen atoms in total. The average molecular weight is 581 g/mol. The zero-order valence-corrected chi connectivity index (χ0v) is 23.6. The summed E-state index contributed by atoms with van der Waals surface area (Å²) in [5.74, 6) is -1.62. The van der Waals surface area contributed by atoms with Crippen LogP contribution in [0.4, 0.5) is 0 Å². The van der Waals surface area contributed by atoms with Crippen LogP contribution in [-0.2, 0) is 19.1 Å². The molecule has 0 saturated carbocycles. The number of aromatic carboxylic acids is 1. The number of allylic oxidation sites excluding steroid dienone is 1. The molecule has 1 N–H and O–H groups in total. The van der Waals surface area contributed by atoms with Crippen LogP contribution in [0.1, 0.15) is 48.3 Å². The lowest BCUT2D eigenvalue weighted by molar-refractivity contribution is -0.143. The fraction of sp³-hybridized carbons (Fsp3) is 0.276. The third-order valence-corrected chi connectivity index (χ3v) is 7.11. The Hall–Kier alpha value is -4.71. The van der Waals surface area contributed by atoms with Gasteiger partial charge in [0.05, 0.1) is 47.7 Å². The van der Waals surface area contributed by atoms with Gasteiger partial charge >= 0.3 is 17.9 Å². The number of methoxy groups -OCH3 is 1. The Bertz CT molecular complexity index is 1700. The molecule has 0 amide bonds. The molecule has 1 atom stereocenters. The van der Waals surface area contributed by atoms with Crippen LogP contribution in [0.5, 0.6) is 11.5 Å². The zero-order valence-electron chi connectivity index (χ0n) is 22.8. The Morgan fingerprint density at radius 1 is 1.05 bits per heavy atom. The van der Waals surface area contributed by atoms with Gasteiger partial charge in [0, 0.05) is 0 Å². The third kappa shape index (κ3) is 6.22. The molecule has 0 unspecified atom stereocenters. The van der Waals surface area contributed by atoms with E-state index in [0.717, 1.165) is 11.3 Å². The fourth-order valence-electron chi connectivity index (χ4n) is 4.26. The van der Waals surface area contributed by atoms with Gasteiger partial charge in [-0.1, -0.05) is 29.5 Å². The van der Waals surface area contributed by atoms with Crippen molar-refractivity contribution in [3.8, 4) is 11.5 Å². The molecule has 4 rings (SSSR count). The normalized spacial score (nSPS) is 14.6. The van der Waals surface area contributed by atoms with E-state index in [1.54, 1.807) is 57.2 Å². The molecule has 1 aliphatic rings. The van der Waals surface area contributed by atoms with Crippen LogP contribution in [0.2, 0.25) is 0 Å². The quantitative estimate of drug-likeness (QED) is 0.358. The van der Waals surface area contributed by atoms with Crippen LogP contribution < -0.4 is 24.4 Å². The number of nitrogens with zero attached hydrogens (tertiary/aromatic N) is 2. The molecule has 0 radical (unpaired) electrons. The largest absolute Gasteiger partial charge is 0.490 e. The predicted molar refractivity (Wildman–Crippen MR) is 149 cm³/mol. The van der Waals surface area contributed by atoms with Crippen molar-refractivity contribution in [2.45, 2.75) is 26.8 Å². The number of benzene rings is 2. The van der Waals surface area contributed by atoms with Crippen LogP contribution in [0.3, 0.4) is 0 Å². The lowest BCUT2D eigenvalue weighted by Crippen LogP contribution is -2.40. The summed E-state index contributed by atoms with van der Waals surface area (Å²) in [6, 6.07) is 10.2. The highest BCUT2D eigenvalue weighted by molar-refractivity contribution is 7.07. The lowest BCUT2D eigenvalue weighted by atomic mass is 9.95. The molecule has 1 aromatic heterocycles. The fourth-order valence-corrected chi connectivity index (χ4v) is 5.30. The summed E-state index contributed by atoms with van der Waals surface area (Å²) in [5, 5.41) is 9.17. The molecule has 0 spiro atoms. The summed E-state index contributed by atoms with van der Waals surface area (Å²) in [4.78, 5) is 54.7. The van der Waals surface area contributed by atoms with E-state index >= 15 is 0 Å². The number of carbonyl (C=O) groups excluding carboxylic acids is 2. The van der Waals surface area contributed by atoms with Crippen molar-refractivity contribution in [3.05, 3.63) is 90.1 Å². The summed E-state index contributed by atoms with van der Waals surface area (Å²) < 4.78 is 23.1. The van der Waals surface area contributed by atoms with Crippen molar-refractivity contribution in [1.82, 2.24) is 4.57 Å². The standard InChI is InChI=1S/C29H28N2O9S/c1-5-38-21-14-19(11-12-20(21)40-15-23(32)37-4)25-24(28(36)39-6-2)16(3)30-29-31(25)26(33)22(41-29)13-17-7-9-18(10-8-17)27(34)35/h7-14,25H,5-6,15H2,1-4H3,(H,34,35)/b22-13-/t25-/m0/s1. The number of esters is 2. The zero-order chi connectivity index (χ0) is 29.7. The Morgan fingerprint density at radius 3 is 2.41 bits per heavy atom. The number of hydrogen-bond donors (Lipinski definition) is 1. The molecule has 2 aromatic carbocycles. The van der Waals surface area contributed by atoms with Gasteiger partial charge in [-0.15, -0.1) is 0 Å². The van der Waals surface area contributed by atoms with Gasteiger partial charge in [0.15, 0.2) is 22.9 Å². The van der Waals surface area contributed by atoms with Gasteiger partial charge in [-0.2, -0.15) is 0 Å². The van der Waals surface area contributed by atoms with Crippen LogP contribution in [0, 0.1) is 0 Å². The van der Waals surface area contributed by atoms with Gasteiger partial charge in [0.1, 0.15) is 0 Å². The maximum Gasteiger partial charge on any atom is 0.343 e. The van der Waals surface area contributed by atoms with E-state index in [9.17, 15) is 24.3 Å². The van der Waals surface area contributed by atoms with E-state index in [2.05, 4.69) is 9.73 Å². The predicted octanol–water partition coefficient (Wildman–Crippen LogP) is 2.45. The van der Waals surface area contributed by atoms with Gasteiger partial charge < -0.3 is 24.1 Å². The number of carboxylic acids is 1. The second kappa shape index (κ2) is 12.6. The summed E-state index contributed by atoms with van der Waals surface area (Å²) in [7, 11) is 1.25.